The molecule has 12 heteroatoms. The molecule has 3 rings (SSSR count). The first-order valence-corrected chi connectivity index (χ1v) is 10.5. The molecule has 1 atom stereocenters. The monoisotopic (exact) mass is 460 g/mol. The zero-order valence-electron chi connectivity index (χ0n) is 17.3. The molecule has 7 N–H and O–H groups in total. The molecule has 170 valence electrons. The minimum absolute atomic E-state index is 0.0514. The number of anilines is 2. The number of alkyl carbamates (subject to hydrolysis) is 1. The maximum Gasteiger partial charge on any atom is 0.407 e. The Balaban J connectivity index is 1.33. The second-order valence-corrected chi connectivity index (χ2v) is 7.46. The maximum atomic E-state index is 12.3. The van der Waals surface area contributed by atoms with E-state index in [0.717, 1.165) is 24.8 Å². The molecular weight excluding hydrogens is 436 g/mol. The van der Waals surface area contributed by atoms with E-state index >= 15 is 0 Å². The first kappa shape index (κ1) is 23.1. The summed E-state index contributed by atoms with van der Waals surface area (Å²) in [5.74, 6) is -0.530. The fourth-order valence-electron chi connectivity index (χ4n) is 3.00. The number of carbonyl (C=O) groups excluding carboxylic acids is 2. The summed E-state index contributed by atoms with van der Waals surface area (Å²) in [4.78, 5) is 35.6. The molecule has 1 aromatic carbocycles. The number of ether oxygens (including phenoxy) is 1. The average molecular weight is 461 g/mol. The third-order valence-electron chi connectivity index (χ3n) is 4.64. The van der Waals surface area contributed by atoms with Gasteiger partial charge in [-0.05, 0) is 24.8 Å². The van der Waals surface area contributed by atoms with Gasteiger partial charge in [0.1, 0.15) is 6.61 Å². The van der Waals surface area contributed by atoms with Gasteiger partial charge in [-0.1, -0.05) is 41.9 Å². The van der Waals surface area contributed by atoms with E-state index in [4.69, 9.17) is 27.8 Å². The Morgan fingerprint density at radius 3 is 2.75 bits per heavy atom. The molecule has 11 nitrogen and oxygen atoms in total. The number of nitrogens with one attached hydrogen (secondary N) is 3. The van der Waals surface area contributed by atoms with E-state index in [9.17, 15) is 9.59 Å². The Labute approximate surface area is 190 Å². The van der Waals surface area contributed by atoms with Crippen molar-refractivity contribution in [3.8, 4) is 0 Å². The van der Waals surface area contributed by atoms with E-state index in [1.807, 2.05) is 30.3 Å². The lowest BCUT2D eigenvalue weighted by Gasteiger charge is -2.10. The molecule has 0 spiro atoms. The number of nitrogens with two attached hydrogens (primary N) is 2. The molecule has 0 saturated carbocycles. The second kappa shape index (κ2) is 11.1. The van der Waals surface area contributed by atoms with Gasteiger partial charge in [0, 0.05) is 19.1 Å². The first-order valence-electron chi connectivity index (χ1n) is 10.1. The van der Waals surface area contributed by atoms with Gasteiger partial charge in [0.25, 0.3) is 0 Å². The number of nitrogen functional groups attached to an aromatic ring is 2. The number of benzene rings is 1. The van der Waals surface area contributed by atoms with Gasteiger partial charge in [-0.15, -0.1) is 0 Å². The highest BCUT2D eigenvalue weighted by Crippen LogP contribution is 2.18. The van der Waals surface area contributed by atoms with E-state index in [2.05, 4.69) is 30.9 Å². The van der Waals surface area contributed by atoms with Crippen molar-refractivity contribution < 1.29 is 14.3 Å². The minimum atomic E-state index is -0.675. The number of hydrogen-bond donors (Lipinski definition) is 5. The molecule has 1 aliphatic rings. The van der Waals surface area contributed by atoms with Crippen molar-refractivity contribution in [3.63, 3.8) is 0 Å². The van der Waals surface area contributed by atoms with Crippen LogP contribution < -0.4 is 27.4 Å². The van der Waals surface area contributed by atoms with Crippen molar-refractivity contribution in [1.29, 1.82) is 0 Å². The van der Waals surface area contributed by atoms with Gasteiger partial charge in [-0.2, -0.15) is 4.99 Å². The van der Waals surface area contributed by atoms with Gasteiger partial charge in [0.2, 0.25) is 0 Å². The molecule has 1 aliphatic heterocycles. The molecule has 1 aromatic heterocycles. The van der Waals surface area contributed by atoms with E-state index in [1.165, 1.54) is 0 Å². The molecule has 2 heterocycles. The third-order valence-corrected chi connectivity index (χ3v) is 4.92. The molecule has 1 fully saturated rings. The second-order valence-electron chi connectivity index (χ2n) is 7.11. The Kier molecular flexibility index (Phi) is 8.03. The van der Waals surface area contributed by atoms with Crippen molar-refractivity contribution in [3.05, 3.63) is 46.7 Å². The summed E-state index contributed by atoms with van der Waals surface area (Å²) in [5, 5.41) is 8.79. The molecule has 1 saturated heterocycles. The molecule has 0 aliphatic carbocycles. The smallest absolute Gasteiger partial charge is 0.407 e. The Hall–Kier alpha value is -3.60. The van der Waals surface area contributed by atoms with Gasteiger partial charge in [-0.25, -0.2) is 14.8 Å². The number of aromatic nitrogens is 2. The maximum absolute atomic E-state index is 12.3. The summed E-state index contributed by atoms with van der Waals surface area (Å²) in [5.41, 5.74) is 12.0. The Morgan fingerprint density at radius 1 is 1.19 bits per heavy atom. The van der Waals surface area contributed by atoms with Gasteiger partial charge >= 0.3 is 12.0 Å². The molecule has 32 heavy (non-hydrogen) atoms. The summed E-state index contributed by atoms with van der Waals surface area (Å²) in [6, 6.07) is 9.59. The van der Waals surface area contributed by atoms with Crippen LogP contribution in [0.1, 0.15) is 35.3 Å². The van der Waals surface area contributed by atoms with E-state index in [0.29, 0.717) is 19.0 Å². The van der Waals surface area contributed by atoms with Crippen molar-refractivity contribution in [2.45, 2.75) is 31.9 Å². The summed E-state index contributed by atoms with van der Waals surface area (Å²) >= 11 is 5.80. The Morgan fingerprint density at radius 2 is 1.97 bits per heavy atom. The van der Waals surface area contributed by atoms with E-state index in [1.54, 1.807) is 0 Å². The van der Waals surface area contributed by atoms with Gasteiger partial charge in [0.05, 0.1) is 0 Å². The number of aliphatic imine (C=N–C) groups is 1. The van der Waals surface area contributed by atoms with Crippen LogP contribution in [0.25, 0.3) is 0 Å². The molecule has 0 unspecified atom stereocenters. The quantitative estimate of drug-likeness (QED) is 0.366. The van der Waals surface area contributed by atoms with Gasteiger partial charge < -0.3 is 32.2 Å². The number of carbonyl (C=O) groups is 2. The van der Waals surface area contributed by atoms with Crippen LogP contribution in [0, 0.1) is 0 Å². The zero-order valence-corrected chi connectivity index (χ0v) is 18.1. The highest BCUT2D eigenvalue weighted by Gasteiger charge is 2.21. The van der Waals surface area contributed by atoms with Gasteiger partial charge in [0.15, 0.2) is 28.4 Å². The van der Waals surface area contributed by atoms with Crippen molar-refractivity contribution in [2.75, 3.05) is 24.6 Å². The van der Waals surface area contributed by atoms with Crippen molar-refractivity contribution in [2.24, 2.45) is 4.99 Å². The highest BCUT2D eigenvalue weighted by atomic mass is 35.5. The number of amides is 2. The van der Waals surface area contributed by atoms with E-state index in [-0.39, 0.29) is 35.1 Å². The number of hydrogen-bond acceptors (Lipinski definition) is 7. The fraction of sp³-hybridized carbons (Fsp3) is 0.350. The lowest BCUT2D eigenvalue weighted by Crippen LogP contribution is -2.29. The summed E-state index contributed by atoms with van der Waals surface area (Å²) < 4.78 is 5.16. The van der Waals surface area contributed by atoms with Crippen molar-refractivity contribution >= 4 is 41.2 Å². The highest BCUT2D eigenvalue weighted by molar-refractivity contribution is 6.31. The first-order chi connectivity index (χ1) is 15.4. The molecule has 2 amide bonds. The van der Waals surface area contributed by atoms with Gasteiger partial charge in [-0.3, -0.25) is 4.79 Å². The summed E-state index contributed by atoms with van der Waals surface area (Å²) in [6.07, 6.45) is 2.05. The molecule has 0 radical (unpaired) electrons. The van der Waals surface area contributed by atoms with Crippen LogP contribution in [0.4, 0.5) is 16.4 Å². The van der Waals surface area contributed by atoms with Crippen LogP contribution in [0.15, 0.2) is 35.3 Å². The fourth-order valence-corrected chi connectivity index (χ4v) is 3.12. The molecule has 2 aromatic rings. The molecular formula is C20H25ClN8O3. The lowest BCUT2D eigenvalue weighted by molar-refractivity contribution is 0.0998. The zero-order chi connectivity index (χ0) is 22.9. The predicted molar refractivity (Wildman–Crippen MR) is 121 cm³/mol. The van der Waals surface area contributed by atoms with Crippen LogP contribution in [-0.4, -0.2) is 47.1 Å². The summed E-state index contributed by atoms with van der Waals surface area (Å²) in [6.45, 7) is 1.37. The predicted octanol–water partition coefficient (Wildman–Crippen LogP) is 1.45. The van der Waals surface area contributed by atoms with Crippen molar-refractivity contribution in [1.82, 2.24) is 25.9 Å². The Bertz CT molecular complexity index is 986. The number of halogens is 1. The lowest BCUT2D eigenvalue weighted by atomic mass is 10.1. The SMILES string of the molecule is Nc1nc(N)c(C(=O)/N=C2\NC[C@H](CCCCNC(=O)OCc3ccccc3)N2)nc1Cl. The topological polar surface area (TPSA) is 170 Å². The normalized spacial score (nSPS) is 16.3. The van der Waals surface area contributed by atoms with Crippen LogP contribution in [0.3, 0.4) is 0 Å². The van der Waals surface area contributed by atoms with Crippen LogP contribution >= 0.6 is 11.6 Å². The van der Waals surface area contributed by atoms with Crippen LogP contribution in [0.2, 0.25) is 5.15 Å². The number of nitrogens with zero attached hydrogens (tertiary/aromatic N) is 3. The van der Waals surface area contributed by atoms with Crippen LogP contribution in [0.5, 0.6) is 0 Å². The standard InChI is InChI=1S/C20H25ClN8O3/c21-15-17(23)28-16(22)14(27-15)18(30)29-19-25-10-13(26-19)8-4-5-9-24-20(31)32-11-12-6-2-1-3-7-12/h1-3,6-7,13H,4-5,8-11H2,(H,24,31)(H4,22,23,28)(H2,25,26,29,30)/t13-/m0/s1. The number of guanidine groups is 1. The number of rotatable bonds is 8. The largest absolute Gasteiger partial charge is 0.445 e. The van der Waals surface area contributed by atoms with E-state index < -0.39 is 12.0 Å². The third kappa shape index (κ3) is 6.71. The minimum Gasteiger partial charge on any atom is -0.445 e. The van der Waals surface area contributed by atoms with Crippen LogP contribution in [-0.2, 0) is 11.3 Å². The average Bonchev–Trinajstić information content (AvgIpc) is 3.22. The number of unbranched alkanes of at least 4 members (excludes halogenated alkanes) is 1. The summed E-state index contributed by atoms with van der Waals surface area (Å²) in [7, 11) is 0. The molecule has 0 bridgehead atoms.